The van der Waals surface area contributed by atoms with Crippen LogP contribution in [0.4, 0.5) is 0 Å². The van der Waals surface area contributed by atoms with Gasteiger partial charge < -0.3 is 0 Å². The average Bonchev–Trinajstić information content (AvgIpc) is 2.38. The second-order valence-corrected chi connectivity index (χ2v) is 8.49. The van der Waals surface area contributed by atoms with Gasteiger partial charge >= 0.3 is 0 Å². The Hall–Kier alpha value is 0.350. The SMILES string of the molecule is O=S(=O)(NCC1CCCC(Br)C1)N1CCCCC1. The minimum absolute atomic E-state index is 0.489. The highest BCUT2D eigenvalue weighted by molar-refractivity contribution is 9.09. The lowest BCUT2D eigenvalue weighted by Crippen LogP contribution is -2.45. The van der Waals surface area contributed by atoms with Gasteiger partial charge in [-0.3, -0.25) is 0 Å². The zero-order valence-corrected chi connectivity index (χ0v) is 13.2. The topological polar surface area (TPSA) is 49.4 Å². The van der Waals surface area contributed by atoms with Gasteiger partial charge in [-0.05, 0) is 38.0 Å². The summed E-state index contributed by atoms with van der Waals surface area (Å²) in [6, 6.07) is 0. The molecular formula is C12H23BrN2O2S. The van der Waals surface area contributed by atoms with Crippen molar-refractivity contribution >= 4 is 26.1 Å². The normalized spacial score (nSPS) is 31.4. The monoisotopic (exact) mass is 338 g/mol. The van der Waals surface area contributed by atoms with E-state index < -0.39 is 10.2 Å². The first-order chi connectivity index (χ1) is 8.58. The summed E-state index contributed by atoms with van der Waals surface area (Å²) in [6.07, 6.45) is 7.79. The summed E-state index contributed by atoms with van der Waals surface area (Å²) in [4.78, 5) is 0.566. The fourth-order valence-electron chi connectivity index (χ4n) is 2.83. The molecule has 2 unspecified atom stereocenters. The van der Waals surface area contributed by atoms with Crippen LogP contribution in [-0.2, 0) is 10.2 Å². The molecule has 1 N–H and O–H groups in total. The Balaban J connectivity index is 1.80. The molecular weight excluding hydrogens is 316 g/mol. The van der Waals surface area contributed by atoms with Crippen LogP contribution in [0.3, 0.4) is 0 Å². The van der Waals surface area contributed by atoms with Crippen LogP contribution in [0.1, 0.15) is 44.9 Å². The van der Waals surface area contributed by atoms with Crippen molar-refractivity contribution in [2.45, 2.75) is 49.8 Å². The molecule has 1 heterocycles. The Morgan fingerprint density at radius 2 is 1.83 bits per heavy atom. The van der Waals surface area contributed by atoms with E-state index in [1.54, 1.807) is 4.31 Å². The molecule has 18 heavy (non-hydrogen) atoms. The molecule has 2 aliphatic rings. The first kappa shape index (κ1) is 14.8. The summed E-state index contributed by atoms with van der Waals surface area (Å²) >= 11 is 3.64. The van der Waals surface area contributed by atoms with Gasteiger partial charge in [-0.15, -0.1) is 0 Å². The number of hydrogen-bond donors (Lipinski definition) is 1. The van der Waals surface area contributed by atoms with Crippen LogP contribution < -0.4 is 4.72 Å². The van der Waals surface area contributed by atoms with Gasteiger partial charge in [0, 0.05) is 24.5 Å². The van der Waals surface area contributed by atoms with E-state index in [-0.39, 0.29) is 0 Å². The van der Waals surface area contributed by atoms with Gasteiger partial charge in [0.05, 0.1) is 0 Å². The number of alkyl halides is 1. The second-order valence-electron chi connectivity index (χ2n) is 5.44. The lowest BCUT2D eigenvalue weighted by molar-refractivity contribution is 0.330. The van der Waals surface area contributed by atoms with Crippen molar-refractivity contribution in [2.75, 3.05) is 19.6 Å². The summed E-state index contributed by atoms with van der Waals surface area (Å²) in [5.41, 5.74) is 0. The molecule has 0 bridgehead atoms. The van der Waals surface area contributed by atoms with Gasteiger partial charge in [0.25, 0.3) is 10.2 Å². The Kier molecular flexibility index (Phi) is 5.47. The molecule has 6 heteroatoms. The zero-order valence-electron chi connectivity index (χ0n) is 10.8. The minimum Gasteiger partial charge on any atom is -0.202 e. The second kappa shape index (κ2) is 6.68. The van der Waals surface area contributed by atoms with Gasteiger partial charge in [0.2, 0.25) is 0 Å². The maximum Gasteiger partial charge on any atom is 0.279 e. The zero-order chi connectivity index (χ0) is 13.0. The van der Waals surface area contributed by atoms with Crippen molar-refractivity contribution in [2.24, 2.45) is 5.92 Å². The van der Waals surface area contributed by atoms with Crippen LogP contribution in [0, 0.1) is 5.92 Å². The lowest BCUT2D eigenvalue weighted by Gasteiger charge is -2.29. The van der Waals surface area contributed by atoms with Gasteiger partial charge in [-0.25, -0.2) is 4.72 Å². The van der Waals surface area contributed by atoms with Crippen molar-refractivity contribution < 1.29 is 8.42 Å². The van der Waals surface area contributed by atoms with Gasteiger partial charge in [0.15, 0.2) is 0 Å². The highest BCUT2D eigenvalue weighted by Gasteiger charge is 2.26. The van der Waals surface area contributed by atoms with Crippen LogP contribution in [-0.4, -0.2) is 37.2 Å². The Morgan fingerprint density at radius 1 is 1.11 bits per heavy atom. The molecule has 106 valence electrons. The molecule has 0 aromatic heterocycles. The third-order valence-corrected chi connectivity index (χ3v) is 6.34. The van der Waals surface area contributed by atoms with Crippen LogP contribution in [0.25, 0.3) is 0 Å². The van der Waals surface area contributed by atoms with E-state index >= 15 is 0 Å². The quantitative estimate of drug-likeness (QED) is 0.799. The number of nitrogens with zero attached hydrogens (tertiary/aromatic N) is 1. The largest absolute Gasteiger partial charge is 0.279 e. The van der Waals surface area contributed by atoms with E-state index in [1.807, 2.05) is 0 Å². The molecule has 2 fully saturated rings. The van der Waals surface area contributed by atoms with Crippen LogP contribution in [0.5, 0.6) is 0 Å². The Labute approximate surface area is 119 Å². The van der Waals surface area contributed by atoms with Crippen molar-refractivity contribution in [1.29, 1.82) is 0 Å². The number of rotatable bonds is 4. The summed E-state index contributed by atoms with van der Waals surface area (Å²) in [5, 5.41) is 0. The molecule has 0 radical (unpaired) electrons. The van der Waals surface area contributed by atoms with Crippen LogP contribution >= 0.6 is 15.9 Å². The maximum absolute atomic E-state index is 12.1. The minimum atomic E-state index is -3.23. The maximum atomic E-state index is 12.1. The first-order valence-electron chi connectivity index (χ1n) is 6.97. The van der Waals surface area contributed by atoms with Crippen molar-refractivity contribution in [3.8, 4) is 0 Å². The summed E-state index contributed by atoms with van der Waals surface area (Å²) in [5.74, 6) is 0.489. The molecule has 0 amide bonds. The molecule has 2 rings (SSSR count). The van der Waals surface area contributed by atoms with Crippen LogP contribution in [0.2, 0.25) is 0 Å². The highest BCUT2D eigenvalue weighted by Crippen LogP contribution is 2.28. The van der Waals surface area contributed by atoms with E-state index in [4.69, 9.17) is 0 Å². The Morgan fingerprint density at radius 3 is 2.50 bits per heavy atom. The number of hydrogen-bond acceptors (Lipinski definition) is 2. The fourth-order valence-corrected chi connectivity index (χ4v) is 5.05. The van der Waals surface area contributed by atoms with E-state index in [9.17, 15) is 8.42 Å². The van der Waals surface area contributed by atoms with Crippen molar-refractivity contribution in [3.05, 3.63) is 0 Å². The summed E-state index contributed by atoms with van der Waals surface area (Å²) in [6.45, 7) is 1.96. The summed E-state index contributed by atoms with van der Waals surface area (Å²) < 4.78 is 28.6. The lowest BCUT2D eigenvalue weighted by atomic mass is 9.89. The fraction of sp³-hybridized carbons (Fsp3) is 1.00. The number of piperidine rings is 1. The van der Waals surface area contributed by atoms with Gasteiger partial charge in [-0.1, -0.05) is 28.8 Å². The Bertz CT molecular complexity index is 355. The highest BCUT2D eigenvalue weighted by atomic mass is 79.9. The predicted octanol–water partition coefficient (Wildman–Crippen LogP) is 2.26. The van der Waals surface area contributed by atoms with Crippen LogP contribution in [0.15, 0.2) is 0 Å². The molecule has 0 aromatic carbocycles. The first-order valence-corrected chi connectivity index (χ1v) is 9.32. The number of nitrogens with one attached hydrogen (secondary N) is 1. The molecule has 1 aliphatic heterocycles. The van der Waals surface area contributed by atoms with Crippen molar-refractivity contribution in [1.82, 2.24) is 9.03 Å². The molecule has 2 atom stereocenters. The van der Waals surface area contributed by atoms with Gasteiger partial charge in [-0.2, -0.15) is 12.7 Å². The molecule has 0 spiro atoms. The number of halogens is 1. The standard InChI is InChI=1S/C12H23BrN2O2S/c13-12-6-4-5-11(9-12)10-14-18(16,17)15-7-2-1-3-8-15/h11-12,14H,1-10H2. The third kappa shape index (κ3) is 4.18. The molecule has 1 saturated carbocycles. The molecule has 4 nitrogen and oxygen atoms in total. The van der Waals surface area contributed by atoms with E-state index in [2.05, 4.69) is 20.7 Å². The molecule has 0 aromatic rings. The molecule has 1 saturated heterocycles. The molecule has 1 aliphatic carbocycles. The third-order valence-electron chi connectivity index (χ3n) is 3.93. The van der Waals surface area contributed by atoms with Gasteiger partial charge in [0.1, 0.15) is 0 Å². The predicted molar refractivity (Wildman–Crippen MR) is 77.0 cm³/mol. The van der Waals surface area contributed by atoms with E-state index in [0.29, 0.717) is 30.4 Å². The van der Waals surface area contributed by atoms with Crippen molar-refractivity contribution in [3.63, 3.8) is 0 Å². The van der Waals surface area contributed by atoms with E-state index in [1.165, 1.54) is 12.8 Å². The summed E-state index contributed by atoms with van der Waals surface area (Å²) in [7, 11) is -3.23. The van der Waals surface area contributed by atoms with E-state index in [0.717, 1.165) is 32.1 Å². The average molecular weight is 339 g/mol. The smallest absolute Gasteiger partial charge is 0.202 e.